The van der Waals surface area contributed by atoms with Crippen LogP contribution in [0.3, 0.4) is 0 Å². The van der Waals surface area contributed by atoms with Gasteiger partial charge in [-0.05, 0) is 48.1 Å². The number of allylic oxidation sites excluding steroid dienone is 2. The number of fused-ring (bicyclic) bond motifs is 1. The van der Waals surface area contributed by atoms with Crippen molar-refractivity contribution in [3.05, 3.63) is 39.9 Å². The van der Waals surface area contributed by atoms with E-state index in [9.17, 15) is 4.79 Å². The molecule has 0 bridgehead atoms. The Morgan fingerprint density at radius 2 is 2.29 bits per heavy atom. The fourth-order valence-corrected chi connectivity index (χ4v) is 2.49. The second-order valence-corrected chi connectivity index (χ2v) is 5.08. The van der Waals surface area contributed by atoms with Crippen molar-refractivity contribution in [3.63, 3.8) is 0 Å². The third-order valence-electron chi connectivity index (χ3n) is 3.04. The number of carbonyl (C=O) groups excluding carboxylic acids is 1. The Hall–Kier alpha value is -1.09. The molecule has 0 aliphatic heterocycles. The van der Waals surface area contributed by atoms with E-state index in [1.54, 1.807) is 0 Å². The first-order valence-corrected chi connectivity index (χ1v) is 6.54. The molecule has 0 saturated carbocycles. The summed E-state index contributed by atoms with van der Waals surface area (Å²) in [5, 5.41) is 0. The molecule has 2 rings (SSSR count). The van der Waals surface area contributed by atoms with Crippen LogP contribution in [0.25, 0.3) is 5.57 Å². The highest BCUT2D eigenvalue weighted by molar-refractivity contribution is 9.10. The van der Waals surface area contributed by atoms with Gasteiger partial charge >= 0.3 is 5.97 Å². The van der Waals surface area contributed by atoms with Crippen LogP contribution < -0.4 is 0 Å². The van der Waals surface area contributed by atoms with E-state index in [1.165, 1.54) is 23.8 Å². The highest BCUT2D eigenvalue weighted by atomic mass is 79.9. The topological polar surface area (TPSA) is 26.3 Å². The smallest absolute Gasteiger partial charge is 0.305 e. The summed E-state index contributed by atoms with van der Waals surface area (Å²) in [4.78, 5) is 11.0. The van der Waals surface area contributed by atoms with Crippen LogP contribution in [0.5, 0.6) is 0 Å². The quantitative estimate of drug-likeness (QED) is 0.791. The molecular weight excluding hydrogens is 280 g/mol. The fourth-order valence-electron chi connectivity index (χ4n) is 2.13. The number of carbonyl (C=O) groups is 1. The summed E-state index contributed by atoms with van der Waals surface area (Å²) >= 11 is 3.49. The third kappa shape index (κ3) is 2.97. The number of halogens is 1. The average molecular weight is 295 g/mol. The van der Waals surface area contributed by atoms with E-state index >= 15 is 0 Å². The van der Waals surface area contributed by atoms with Crippen LogP contribution in [0.2, 0.25) is 0 Å². The number of esters is 1. The Morgan fingerprint density at radius 3 is 3.06 bits per heavy atom. The Kier molecular flexibility index (Phi) is 4.00. The molecular formula is C14H15BrO2. The van der Waals surface area contributed by atoms with E-state index in [0.29, 0.717) is 6.42 Å². The van der Waals surface area contributed by atoms with Gasteiger partial charge in [0.15, 0.2) is 0 Å². The number of hydrogen-bond donors (Lipinski definition) is 0. The standard InChI is InChI=1S/C14H15BrO2/c1-17-14(16)4-2-3-10-5-6-11-7-8-12(15)9-13(10)11/h5,7-9H,2-4,6H2,1H3. The SMILES string of the molecule is COC(=O)CCCC1=CCc2ccc(Br)cc21. The molecule has 0 amide bonds. The third-order valence-corrected chi connectivity index (χ3v) is 3.53. The van der Waals surface area contributed by atoms with Gasteiger partial charge in [-0.25, -0.2) is 0 Å². The van der Waals surface area contributed by atoms with E-state index in [-0.39, 0.29) is 5.97 Å². The van der Waals surface area contributed by atoms with Gasteiger partial charge in [-0.15, -0.1) is 0 Å². The highest BCUT2D eigenvalue weighted by Gasteiger charge is 2.14. The molecule has 0 atom stereocenters. The van der Waals surface area contributed by atoms with Gasteiger partial charge in [-0.3, -0.25) is 4.79 Å². The summed E-state index contributed by atoms with van der Waals surface area (Å²) < 4.78 is 5.75. The first-order valence-electron chi connectivity index (χ1n) is 5.75. The minimum absolute atomic E-state index is 0.127. The van der Waals surface area contributed by atoms with Gasteiger partial charge < -0.3 is 4.74 Å². The van der Waals surface area contributed by atoms with Crippen LogP contribution in [0.15, 0.2) is 28.7 Å². The molecule has 17 heavy (non-hydrogen) atoms. The van der Waals surface area contributed by atoms with Crippen LogP contribution in [0.1, 0.15) is 30.4 Å². The largest absolute Gasteiger partial charge is 0.469 e. The van der Waals surface area contributed by atoms with Crippen molar-refractivity contribution < 1.29 is 9.53 Å². The van der Waals surface area contributed by atoms with Crippen LogP contribution in [0.4, 0.5) is 0 Å². The molecule has 0 saturated heterocycles. The van der Waals surface area contributed by atoms with Gasteiger partial charge in [0.2, 0.25) is 0 Å². The molecule has 1 aliphatic rings. The zero-order valence-corrected chi connectivity index (χ0v) is 11.4. The molecule has 0 radical (unpaired) electrons. The van der Waals surface area contributed by atoms with Crippen molar-refractivity contribution >= 4 is 27.5 Å². The zero-order valence-electron chi connectivity index (χ0n) is 9.83. The summed E-state index contributed by atoms with van der Waals surface area (Å²) in [6.07, 6.45) is 5.56. The minimum Gasteiger partial charge on any atom is -0.469 e. The summed E-state index contributed by atoms with van der Waals surface area (Å²) in [5.41, 5.74) is 4.05. The average Bonchev–Trinajstić information content (AvgIpc) is 2.72. The van der Waals surface area contributed by atoms with Crippen LogP contribution in [-0.2, 0) is 16.0 Å². The van der Waals surface area contributed by atoms with Crippen LogP contribution >= 0.6 is 15.9 Å². The summed E-state index contributed by atoms with van der Waals surface area (Å²) in [6, 6.07) is 6.39. The van der Waals surface area contributed by atoms with Crippen LogP contribution in [-0.4, -0.2) is 13.1 Å². The number of ether oxygens (including phenoxy) is 1. The normalized spacial score (nSPS) is 13.2. The zero-order chi connectivity index (χ0) is 12.3. The lowest BCUT2D eigenvalue weighted by Gasteiger charge is -2.06. The molecule has 2 nitrogen and oxygen atoms in total. The van der Waals surface area contributed by atoms with Gasteiger partial charge in [0.05, 0.1) is 7.11 Å². The Balaban J connectivity index is 1.97. The minimum atomic E-state index is -0.127. The molecule has 3 heteroatoms. The Bertz CT molecular complexity index is 463. The lowest BCUT2D eigenvalue weighted by Crippen LogP contribution is -1.99. The van der Waals surface area contributed by atoms with E-state index in [1.807, 2.05) is 0 Å². The lowest BCUT2D eigenvalue weighted by molar-refractivity contribution is -0.140. The molecule has 1 aromatic rings. The molecule has 1 aliphatic carbocycles. The number of benzene rings is 1. The molecule has 0 N–H and O–H groups in total. The summed E-state index contributed by atoms with van der Waals surface area (Å²) in [6.45, 7) is 0. The first-order chi connectivity index (χ1) is 8.20. The number of rotatable bonds is 4. The van der Waals surface area contributed by atoms with E-state index in [4.69, 9.17) is 0 Å². The summed E-state index contributed by atoms with van der Waals surface area (Å²) in [5.74, 6) is -0.127. The Labute approximate surface area is 110 Å². The van der Waals surface area contributed by atoms with Gasteiger partial charge in [0, 0.05) is 10.9 Å². The van der Waals surface area contributed by atoms with Crippen molar-refractivity contribution in [2.75, 3.05) is 7.11 Å². The van der Waals surface area contributed by atoms with Gasteiger partial charge in [-0.2, -0.15) is 0 Å². The van der Waals surface area contributed by atoms with E-state index in [2.05, 4.69) is 44.9 Å². The maximum Gasteiger partial charge on any atom is 0.305 e. The second kappa shape index (κ2) is 5.50. The van der Waals surface area contributed by atoms with Gasteiger partial charge in [0.1, 0.15) is 0 Å². The fraction of sp³-hybridized carbons (Fsp3) is 0.357. The second-order valence-electron chi connectivity index (χ2n) is 4.16. The molecule has 0 unspecified atom stereocenters. The molecule has 0 aromatic heterocycles. The molecule has 0 fully saturated rings. The molecule has 0 spiro atoms. The van der Waals surface area contributed by atoms with Crippen molar-refractivity contribution in [2.45, 2.75) is 25.7 Å². The Morgan fingerprint density at radius 1 is 1.47 bits per heavy atom. The maximum absolute atomic E-state index is 11.0. The monoisotopic (exact) mass is 294 g/mol. The van der Waals surface area contributed by atoms with Gasteiger partial charge in [0.25, 0.3) is 0 Å². The highest BCUT2D eigenvalue weighted by Crippen LogP contribution is 2.32. The number of hydrogen-bond acceptors (Lipinski definition) is 2. The number of methoxy groups -OCH3 is 1. The van der Waals surface area contributed by atoms with Crippen LogP contribution in [0, 0.1) is 0 Å². The first kappa shape index (κ1) is 12.4. The van der Waals surface area contributed by atoms with Crippen molar-refractivity contribution in [1.29, 1.82) is 0 Å². The van der Waals surface area contributed by atoms with Crippen molar-refractivity contribution in [1.82, 2.24) is 0 Å². The van der Waals surface area contributed by atoms with Crippen molar-refractivity contribution in [3.8, 4) is 0 Å². The predicted octanol–water partition coefficient (Wildman–Crippen LogP) is 3.73. The van der Waals surface area contributed by atoms with Crippen molar-refractivity contribution in [2.24, 2.45) is 0 Å². The molecule has 90 valence electrons. The predicted molar refractivity (Wildman–Crippen MR) is 71.7 cm³/mol. The molecule has 1 aromatic carbocycles. The van der Waals surface area contributed by atoms with Gasteiger partial charge in [-0.1, -0.05) is 28.1 Å². The molecule has 0 heterocycles. The lowest BCUT2D eigenvalue weighted by atomic mass is 10.0. The van der Waals surface area contributed by atoms with E-state index < -0.39 is 0 Å². The summed E-state index contributed by atoms with van der Waals surface area (Å²) in [7, 11) is 1.43. The van der Waals surface area contributed by atoms with E-state index in [0.717, 1.165) is 23.7 Å². The maximum atomic E-state index is 11.0.